The van der Waals surface area contributed by atoms with E-state index < -0.39 is 0 Å². The SMILES string of the molecule is COc1cc(/C=C2/SC(=S)N(CC(=O)N3CCOCC3)C2=O)cc(OC)c1OC. The van der Waals surface area contributed by atoms with Crippen LogP contribution in [0.15, 0.2) is 17.0 Å². The fourth-order valence-electron chi connectivity index (χ4n) is 3.02. The van der Waals surface area contributed by atoms with E-state index in [1.54, 1.807) is 23.1 Å². The molecule has 0 spiro atoms. The third-order valence-electron chi connectivity index (χ3n) is 4.52. The predicted octanol–water partition coefficient (Wildman–Crippen LogP) is 1.77. The first-order valence-corrected chi connectivity index (χ1v) is 10.1. The van der Waals surface area contributed by atoms with Crippen LogP contribution in [0.1, 0.15) is 5.56 Å². The number of nitrogens with zero attached hydrogens (tertiary/aromatic N) is 2. The van der Waals surface area contributed by atoms with Gasteiger partial charge in [-0.25, -0.2) is 0 Å². The fraction of sp³-hybridized carbons (Fsp3) is 0.421. The van der Waals surface area contributed by atoms with Gasteiger partial charge in [0.2, 0.25) is 11.7 Å². The Kier molecular flexibility index (Phi) is 6.99. The van der Waals surface area contributed by atoms with Crippen molar-refractivity contribution in [1.29, 1.82) is 0 Å². The van der Waals surface area contributed by atoms with E-state index in [4.69, 9.17) is 31.2 Å². The molecule has 3 rings (SSSR count). The summed E-state index contributed by atoms with van der Waals surface area (Å²) in [5.74, 6) is 0.997. The van der Waals surface area contributed by atoms with Crippen molar-refractivity contribution in [2.24, 2.45) is 0 Å². The molecule has 1 aromatic rings. The molecule has 0 aliphatic carbocycles. The van der Waals surface area contributed by atoms with Crippen molar-refractivity contribution in [3.8, 4) is 17.2 Å². The van der Waals surface area contributed by atoms with Gasteiger partial charge in [-0.1, -0.05) is 24.0 Å². The van der Waals surface area contributed by atoms with Gasteiger partial charge in [-0.3, -0.25) is 14.5 Å². The molecule has 0 bridgehead atoms. The predicted molar refractivity (Wildman–Crippen MR) is 113 cm³/mol. The summed E-state index contributed by atoms with van der Waals surface area (Å²) in [6, 6.07) is 3.49. The van der Waals surface area contributed by atoms with Crippen LogP contribution in [0, 0.1) is 0 Å². The molecule has 0 radical (unpaired) electrons. The number of carbonyl (C=O) groups excluding carboxylic acids is 2. The molecule has 0 N–H and O–H groups in total. The number of carbonyl (C=O) groups is 2. The van der Waals surface area contributed by atoms with E-state index in [1.807, 2.05) is 0 Å². The van der Waals surface area contributed by atoms with Gasteiger partial charge in [0.15, 0.2) is 11.5 Å². The van der Waals surface area contributed by atoms with E-state index in [9.17, 15) is 9.59 Å². The zero-order valence-corrected chi connectivity index (χ0v) is 18.1. The smallest absolute Gasteiger partial charge is 0.266 e. The summed E-state index contributed by atoms with van der Waals surface area (Å²) in [7, 11) is 4.58. The number of methoxy groups -OCH3 is 3. The zero-order valence-electron chi connectivity index (χ0n) is 16.4. The quantitative estimate of drug-likeness (QED) is 0.491. The zero-order chi connectivity index (χ0) is 21.0. The number of morpholine rings is 1. The maximum absolute atomic E-state index is 12.8. The van der Waals surface area contributed by atoms with E-state index in [-0.39, 0.29) is 18.4 Å². The van der Waals surface area contributed by atoms with Crippen LogP contribution in [0.3, 0.4) is 0 Å². The molecule has 2 heterocycles. The number of amides is 2. The average molecular weight is 439 g/mol. The summed E-state index contributed by atoms with van der Waals surface area (Å²) in [6.45, 7) is 1.98. The van der Waals surface area contributed by atoms with Crippen molar-refractivity contribution in [3.05, 3.63) is 22.6 Å². The highest BCUT2D eigenvalue weighted by Gasteiger charge is 2.34. The van der Waals surface area contributed by atoms with Crippen LogP contribution in [-0.4, -0.2) is 80.1 Å². The molecular formula is C19H22N2O6S2. The lowest BCUT2D eigenvalue weighted by molar-refractivity contribution is -0.138. The Morgan fingerprint density at radius 2 is 1.79 bits per heavy atom. The summed E-state index contributed by atoms with van der Waals surface area (Å²) in [6.07, 6.45) is 1.70. The minimum absolute atomic E-state index is 0.0722. The van der Waals surface area contributed by atoms with Crippen molar-refractivity contribution >= 4 is 46.2 Å². The number of hydrogen-bond acceptors (Lipinski definition) is 8. The summed E-state index contributed by atoms with van der Waals surface area (Å²) in [5, 5.41) is 0. The number of thioether (sulfide) groups is 1. The lowest BCUT2D eigenvalue weighted by atomic mass is 10.1. The van der Waals surface area contributed by atoms with Crippen LogP contribution in [0.25, 0.3) is 6.08 Å². The highest BCUT2D eigenvalue weighted by molar-refractivity contribution is 8.26. The number of ether oxygens (including phenoxy) is 4. The Morgan fingerprint density at radius 1 is 1.17 bits per heavy atom. The van der Waals surface area contributed by atoms with E-state index >= 15 is 0 Å². The molecule has 1 aromatic carbocycles. The van der Waals surface area contributed by atoms with Gasteiger partial charge in [0, 0.05) is 13.1 Å². The van der Waals surface area contributed by atoms with Crippen LogP contribution in [0.4, 0.5) is 0 Å². The second kappa shape index (κ2) is 9.47. The Hall–Kier alpha value is -2.30. The third-order valence-corrected chi connectivity index (χ3v) is 5.89. The number of thiocarbonyl (C=S) groups is 1. The van der Waals surface area contributed by atoms with Crippen LogP contribution in [-0.2, 0) is 14.3 Å². The Labute approximate surface area is 178 Å². The molecule has 29 heavy (non-hydrogen) atoms. The Bertz CT molecular complexity index is 826. The highest BCUT2D eigenvalue weighted by Crippen LogP contribution is 2.40. The summed E-state index contributed by atoms with van der Waals surface area (Å²) in [5.41, 5.74) is 0.694. The van der Waals surface area contributed by atoms with E-state index in [2.05, 4.69) is 0 Å². The maximum atomic E-state index is 12.8. The molecule has 2 fully saturated rings. The van der Waals surface area contributed by atoms with Crippen LogP contribution in [0.5, 0.6) is 17.2 Å². The minimum Gasteiger partial charge on any atom is -0.493 e. The van der Waals surface area contributed by atoms with Gasteiger partial charge >= 0.3 is 0 Å². The van der Waals surface area contributed by atoms with Gasteiger partial charge in [-0.15, -0.1) is 0 Å². The number of rotatable bonds is 6. The Morgan fingerprint density at radius 3 is 2.34 bits per heavy atom. The molecule has 8 nitrogen and oxygen atoms in total. The monoisotopic (exact) mass is 438 g/mol. The molecule has 156 valence electrons. The van der Waals surface area contributed by atoms with Gasteiger partial charge in [0.1, 0.15) is 10.9 Å². The number of hydrogen-bond donors (Lipinski definition) is 0. The summed E-state index contributed by atoms with van der Waals surface area (Å²) in [4.78, 5) is 28.8. The topological polar surface area (TPSA) is 77.5 Å². The summed E-state index contributed by atoms with van der Waals surface area (Å²) >= 11 is 6.49. The van der Waals surface area contributed by atoms with Crippen LogP contribution in [0.2, 0.25) is 0 Å². The number of benzene rings is 1. The molecule has 2 saturated heterocycles. The molecule has 0 atom stereocenters. The normalized spacial score (nSPS) is 18.4. The van der Waals surface area contributed by atoms with Crippen LogP contribution < -0.4 is 14.2 Å². The van der Waals surface area contributed by atoms with Crippen molar-refractivity contribution < 1.29 is 28.5 Å². The molecule has 0 aromatic heterocycles. The van der Waals surface area contributed by atoms with Gasteiger partial charge < -0.3 is 23.8 Å². The van der Waals surface area contributed by atoms with Gasteiger partial charge in [-0.2, -0.15) is 0 Å². The van der Waals surface area contributed by atoms with E-state index in [0.29, 0.717) is 58.3 Å². The standard InChI is InChI=1S/C19H22N2O6S2/c1-24-13-8-12(9-14(25-2)17(13)26-3)10-15-18(23)21(19(28)29-15)11-16(22)20-4-6-27-7-5-20/h8-10H,4-7,11H2,1-3H3/b15-10+. The first kappa shape index (κ1) is 21.4. The lowest BCUT2D eigenvalue weighted by Gasteiger charge is -2.28. The van der Waals surface area contributed by atoms with Crippen molar-refractivity contribution in [2.75, 3.05) is 54.2 Å². The largest absolute Gasteiger partial charge is 0.493 e. The van der Waals surface area contributed by atoms with E-state index in [0.717, 1.165) is 11.8 Å². The molecule has 2 aliphatic rings. The molecule has 0 unspecified atom stereocenters. The second-order valence-corrected chi connectivity index (χ2v) is 7.90. The lowest BCUT2D eigenvalue weighted by Crippen LogP contribution is -2.46. The molecule has 2 aliphatic heterocycles. The summed E-state index contributed by atoms with van der Waals surface area (Å²) < 4.78 is 21.6. The van der Waals surface area contributed by atoms with Gasteiger partial charge in [-0.05, 0) is 23.8 Å². The maximum Gasteiger partial charge on any atom is 0.266 e. The van der Waals surface area contributed by atoms with Gasteiger partial charge in [0.25, 0.3) is 5.91 Å². The fourth-order valence-corrected chi connectivity index (χ4v) is 4.28. The third kappa shape index (κ3) is 4.65. The van der Waals surface area contributed by atoms with Gasteiger partial charge in [0.05, 0.1) is 39.4 Å². The molecule has 2 amide bonds. The molecular weight excluding hydrogens is 416 g/mol. The van der Waals surface area contributed by atoms with Crippen LogP contribution >= 0.6 is 24.0 Å². The molecule has 0 saturated carbocycles. The van der Waals surface area contributed by atoms with E-state index in [1.165, 1.54) is 26.2 Å². The minimum atomic E-state index is -0.296. The van der Waals surface area contributed by atoms with Crippen molar-refractivity contribution in [3.63, 3.8) is 0 Å². The van der Waals surface area contributed by atoms with Crippen molar-refractivity contribution in [2.45, 2.75) is 0 Å². The highest BCUT2D eigenvalue weighted by atomic mass is 32.2. The second-order valence-electron chi connectivity index (χ2n) is 6.22. The molecule has 10 heteroatoms. The first-order valence-electron chi connectivity index (χ1n) is 8.89. The first-order chi connectivity index (χ1) is 14.0. The Balaban J connectivity index is 1.80. The average Bonchev–Trinajstić information content (AvgIpc) is 3.00. The van der Waals surface area contributed by atoms with Crippen molar-refractivity contribution in [1.82, 2.24) is 9.80 Å².